The SMILES string of the molecule is CCCNC(=O)N1CCCN(C(=O)c2ccc3c(c2)n(C)c(=O)n3C)CC1. The molecule has 0 aliphatic carbocycles. The first-order valence-corrected chi connectivity index (χ1v) is 9.41. The number of rotatable bonds is 3. The Balaban J connectivity index is 1.74. The van der Waals surface area contributed by atoms with E-state index in [9.17, 15) is 14.4 Å². The van der Waals surface area contributed by atoms with Crippen molar-refractivity contribution in [3.05, 3.63) is 34.2 Å². The molecule has 0 spiro atoms. The van der Waals surface area contributed by atoms with Crippen LogP contribution < -0.4 is 11.0 Å². The van der Waals surface area contributed by atoms with Gasteiger partial charge >= 0.3 is 11.7 Å². The van der Waals surface area contributed by atoms with Gasteiger partial charge in [0.1, 0.15) is 0 Å². The molecule has 1 aliphatic heterocycles. The van der Waals surface area contributed by atoms with Gasteiger partial charge < -0.3 is 15.1 Å². The smallest absolute Gasteiger partial charge is 0.328 e. The molecular formula is C19H27N5O3. The second kappa shape index (κ2) is 7.85. The number of carbonyl (C=O) groups is 2. The molecule has 27 heavy (non-hydrogen) atoms. The zero-order valence-electron chi connectivity index (χ0n) is 16.2. The molecule has 1 aromatic heterocycles. The minimum absolute atomic E-state index is 0.0631. The van der Waals surface area contributed by atoms with E-state index in [2.05, 4.69) is 5.32 Å². The highest BCUT2D eigenvalue weighted by molar-refractivity contribution is 5.97. The van der Waals surface area contributed by atoms with Crippen LogP contribution in [0.5, 0.6) is 0 Å². The molecule has 0 saturated carbocycles. The minimum Gasteiger partial charge on any atom is -0.338 e. The van der Waals surface area contributed by atoms with Gasteiger partial charge in [-0.05, 0) is 31.0 Å². The molecule has 1 aliphatic rings. The normalized spacial score (nSPS) is 15.1. The largest absolute Gasteiger partial charge is 0.338 e. The molecule has 1 saturated heterocycles. The van der Waals surface area contributed by atoms with Crippen molar-refractivity contribution in [3.8, 4) is 0 Å². The van der Waals surface area contributed by atoms with E-state index < -0.39 is 0 Å². The summed E-state index contributed by atoms with van der Waals surface area (Å²) in [6, 6.07) is 5.29. The number of carbonyl (C=O) groups excluding carboxylic acids is 2. The van der Waals surface area contributed by atoms with Crippen molar-refractivity contribution in [2.24, 2.45) is 14.1 Å². The summed E-state index contributed by atoms with van der Waals surface area (Å²) in [6.45, 7) is 4.96. The Hall–Kier alpha value is -2.77. The third-order valence-electron chi connectivity index (χ3n) is 5.12. The Morgan fingerprint density at radius 3 is 2.41 bits per heavy atom. The average molecular weight is 373 g/mol. The Bertz CT molecular complexity index is 914. The Kier molecular flexibility index (Phi) is 5.53. The molecule has 0 unspecified atom stereocenters. The number of imidazole rings is 1. The van der Waals surface area contributed by atoms with Gasteiger partial charge in [-0.3, -0.25) is 13.9 Å². The van der Waals surface area contributed by atoms with E-state index >= 15 is 0 Å². The predicted octanol–water partition coefficient (Wildman–Crippen LogP) is 1.14. The van der Waals surface area contributed by atoms with Gasteiger partial charge in [0.15, 0.2) is 0 Å². The van der Waals surface area contributed by atoms with Gasteiger partial charge in [-0.1, -0.05) is 6.92 Å². The van der Waals surface area contributed by atoms with Crippen LogP contribution >= 0.6 is 0 Å². The average Bonchev–Trinajstić information content (AvgIpc) is 2.87. The molecule has 1 aromatic carbocycles. The maximum Gasteiger partial charge on any atom is 0.328 e. The van der Waals surface area contributed by atoms with E-state index in [1.165, 1.54) is 0 Å². The van der Waals surface area contributed by atoms with Crippen LogP contribution in [0.1, 0.15) is 30.1 Å². The zero-order chi connectivity index (χ0) is 19.6. The summed E-state index contributed by atoms with van der Waals surface area (Å²) >= 11 is 0. The second-order valence-corrected chi connectivity index (χ2v) is 6.97. The molecule has 2 aromatic rings. The first-order valence-electron chi connectivity index (χ1n) is 9.41. The molecule has 3 rings (SSSR count). The van der Waals surface area contributed by atoms with Crippen molar-refractivity contribution >= 4 is 23.0 Å². The van der Waals surface area contributed by atoms with E-state index in [1.807, 2.05) is 13.0 Å². The highest BCUT2D eigenvalue weighted by Gasteiger charge is 2.23. The number of aryl methyl sites for hydroxylation is 2. The molecule has 8 nitrogen and oxygen atoms in total. The van der Waals surface area contributed by atoms with Crippen molar-refractivity contribution in [2.75, 3.05) is 32.7 Å². The number of hydrogen-bond acceptors (Lipinski definition) is 3. The van der Waals surface area contributed by atoms with Crippen molar-refractivity contribution < 1.29 is 9.59 Å². The van der Waals surface area contributed by atoms with Gasteiger partial charge in [-0.15, -0.1) is 0 Å². The summed E-state index contributed by atoms with van der Waals surface area (Å²) in [7, 11) is 3.43. The predicted molar refractivity (Wildman–Crippen MR) is 104 cm³/mol. The zero-order valence-corrected chi connectivity index (χ0v) is 16.2. The number of hydrogen-bond donors (Lipinski definition) is 1. The van der Waals surface area contributed by atoms with Crippen LogP contribution in [0, 0.1) is 0 Å². The Labute approximate surface area is 158 Å². The minimum atomic E-state index is -0.113. The van der Waals surface area contributed by atoms with E-state index in [-0.39, 0.29) is 17.6 Å². The number of nitrogens with one attached hydrogen (secondary N) is 1. The lowest BCUT2D eigenvalue weighted by Gasteiger charge is -2.22. The first-order chi connectivity index (χ1) is 12.9. The van der Waals surface area contributed by atoms with Crippen molar-refractivity contribution in [1.82, 2.24) is 24.3 Å². The van der Waals surface area contributed by atoms with E-state index in [0.717, 1.165) is 23.9 Å². The van der Waals surface area contributed by atoms with Crippen LogP contribution in [0.4, 0.5) is 4.79 Å². The topological polar surface area (TPSA) is 79.6 Å². The van der Waals surface area contributed by atoms with Crippen LogP contribution in [-0.2, 0) is 14.1 Å². The lowest BCUT2D eigenvalue weighted by atomic mass is 10.1. The van der Waals surface area contributed by atoms with E-state index in [4.69, 9.17) is 0 Å². The summed E-state index contributed by atoms with van der Waals surface area (Å²) in [5, 5.41) is 2.89. The van der Waals surface area contributed by atoms with Gasteiger partial charge in [-0.2, -0.15) is 0 Å². The quantitative estimate of drug-likeness (QED) is 0.876. The van der Waals surface area contributed by atoms with Crippen molar-refractivity contribution in [2.45, 2.75) is 19.8 Å². The maximum absolute atomic E-state index is 13.0. The van der Waals surface area contributed by atoms with Crippen molar-refractivity contribution in [1.29, 1.82) is 0 Å². The highest BCUT2D eigenvalue weighted by Crippen LogP contribution is 2.16. The number of fused-ring (bicyclic) bond motifs is 1. The van der Waals surface area contributed by atoms with Gasteiger partial charge in [0.25, 0.3) is 5.91 Å². The fourth-order valence-electron chi connectivity index (χ4n) is 3.49. The number of aromatic nitrogens is 2. The molecule has 8 heteroatoms. The standard InChI is InChI=1S/C19H27N5O3/c1-4-8-20-18(26)24-10-5-9-23(11-12-24)17(25)14-6-7-15-16(13-14)22(3)19(27)21(15)2/h6-7,13H,4-5,8-12H2,1-3H3,(H,20,26). The molecule has 0 atom stereocenters. The molecule has 2 heterocycles. The number of nitrogens with zero attached hydrogens (tertiary/aromatic N) is 4. The fourth-order valence-corrected chi connectivity index (χ4v) is 3.49. The van der Waals surface area contributed by atoms with Crippen LogP contribution in [0.3, 0.4) is 0 Å². The Morgan fingerprint density at radius 2 is 1.67 bits per heavy atom. The highest BCUT2D eigenvalue weighted by atomic mass is 16.2. The summed E-state index contributed by atoms with van der Waals surface area (Å²) in [4.78, 5) is 40.7. The van der Waals surface area contributed by atoms with Gasteiger partial charge in [-0.25, -0.2) is 9.59 Å². The molecule has 1 N–H and O–H groups in total. The lowest BCUT2D eigenvalue weighted by molar-refractivity contribution is 0.0762. The molecule has 146 valence electrons. The maximum atomic E-state index is 13.0. The molecule has 0 radical (unpaired) electrons. The molecule has 0 bridgehead atoms. The van der Waals surface area contributed by atoms with E-state index in [1.54, 1.807) is 45.2 Å². The summed E-state index contributed by atoms with van der Waals surface area (Å²) in [5.41, 5.74) is 1.99. The number of urea groups is 1. The van der Waals surface area contributed by atoms with Crippen LogP contribution in [0.2, 0.25) is 0 Å². The number of benzene rings is 1. The molecular weight excluding hydrogens is 346 g/mol. The Morgan fingerprint density at radius 1 is 1.00 bits per heavy atom. The lowest BCUT2D eigenvalue weighted by Crippen LogP contribution is -2.42. The van der Waals surface area contributed by atoms with Crippen LogP contribution in [0.25, 0.3) is 11.0 Å². The fraction of sp³-hybridized carbons (Fsp3) is 0.526. The monoisotopic (exact) mass is 373 g/mol. The third-order valence-corrected chi connectivity index (χ3v) is 5.12. The first kappa shape index (κ1) is 19.0. The number of amides is 3. The summed E-state index contributed by atoms with van der Waals surface area (Å²) in [5.74, 6) is -0.0657. The van der Waals surface area contributed by atoms with Crippen LogP contribution in [-0.4, -0.2) is 63.6 Å². The summed E-state index contributed by atoms with van der Waals surface area (Å²) in [6.07, 6.45) is 1.64. The van der Waals surface area contributed by atoms with Gasteiger partial charge in [0, 0.05) is 52.4 Å². The molecule has 1 fully saturated rings. The van der Waals surface area contributed by atoms with E-state index in [0.29, 0.717) is 38.3 Å². The van der Waals surface area contributed by atoms with Crippen molar-refractivity contribution in [3.63, 3.8) is 0 Å². The van der Waals surface area contributed by atoms with Gasteiger partial charge in [0.2, 0.25) is 0 Å². The van der Waals surface area contributed by atoms with Gasteiger partial charge in [0.05, 0.1) is 11.0 Å². The van der Waals surface area contributed by atoms with Crippen LogP contribution in [0.15, 0.2) is 23.0 Å². The summed E-state index contributed by atoms with van der Waals surface area (Å²) < 4.78 is 3.12. The second-order valence-electron chi connectivity index (χ2n) is 6.97. The third kappa shape index (κ3) is 3.70. The molecule has 3 amide bonds.